The molecule has 0 radical (unpaired) electrons. The number of aromatic nitrogens is 3. The van der Waals surface area contributed by atoms with Gasteiger partial charge in [0.1, 0.15) is 22.3 Å². The van der Waals surface area contributed by atoms with Gasteiger partial charge in [0.25, 0.3) is 0 Å². The Kier molecular flexibility index (Phi) is 5.71. The molecule has 0 saturated heterocycles. The Morgan fingerprint density at radius 1 is 0.531 bits per heavy atom. The molecule has 49 heavy (non-hydrogen) atoms. The van der Waals surface area contributed by atoms with E-state index < -0.39 is 0 Å². The maximum atomic E-state index is 6.51. The predicted octanol–water partition coefficient (Wildman–Crippen LogP) is 11.4. The number of rotatable bonds is 4. The van der Waals surface area contributed by atoms with Crippen molar-refractivity contribution < 1.29 is 8.83 Å². The van der Waals surface area contributed by atoms with E-state index in [0.717, 1.165) is 78.3 Å². The molecule has 4 bridgehead atoms. The molecule has 0 N–H and O–H groups in total. The molecule has 4 saturated carbocycles. The number of fused-ring (bicyclic) bond motifs is 6. The van der Waals surface area contributed by atoms with E-state index in [0.29, 0.717) is 22.9 Å². The van der Waals surface area contributed by atoms with Gasteiger partial charge in [0.15, 0.2) is 17.5 Å². The average molecular weight is 638 g/mol. The lowest BCUT2D eigenvalue weighted by Gasteiger charge is -2.57. The fourth-order valence-corrected chi connectivity index (χ4v) is 10.2. The first kappa shape index (κ1) is 27.6. The third-order valence-electron chi connectivity index (χ3n) is 12.0. The number of hydrogen-bond donors (Lipinski definition) is 0. The van der Waals surface area contributed by atoms with E-state index >= 15 is 0 Å². The van der Waals surface area contributed by atoms with Gasteiger partial charge in [-0.2, -0.15) is 0 Å². The molecule has 0 atom stereocenters. The van der Waals surface area contributed by atoms with Crippen molar-refractivity contribution in [3.05, 3.63) is 114 Å². The Bertz CT molecular complexity index is 2580. The lowest BCUT2D eigenvalue weighted by atomic mass is 9.48. The normalized spacial score (nSPS) is 23.0. The number of para-hydroxylation sites is 3. The van der Waals surface area contributed by atoms with Crippen molar-refractivity contribution >= 4 is 43.9 Å². The minimum atomic E-state index is 0.342. The van der Waals surface area contributed by atoms with Crippen LogP contribution in [0.15, 0.2) is 112 Å². The molecule has 5 nitrogen and oxygen atoms in total. The second-order valence-corrected chi connectivity index (χ2v) is 15.1. The topological polar surface area (TPSA) is 65.0 Å². The van der Waals surface area contributed by atoms with Gasteiger partial charge in [0, 0.05) is 27.1 Å². The molecular formula is C44H35N3O2. The van der Waals surface area contributed by atoms with Crippen molar-refractivity contribution in [1.29, 1.82) is 0 Å². The number of furan rings is 2. The van der Waals surface area contributed by atoms with E-state index in [1.165, 1.54) is 49.7 Å². The number of nitrogens with zero attached hydrogens (tertiary/aromatic N) is 3. The maximum Gasteiger partial charge on any atom is 0.167 e. The molecule has 3 heterocycles. The van der Waals surface area contributed by atoms with Crippen LogP contribution in [0.5, 0.6) is 0 Å². The van der Waals surface area contributed by atoms with Crippen LogP contribution in [-0.2, 0) is 5.41 Å². The van der Waals surface area contributed by atoms with Crippen LogP contribution in [-0.4, -0.2) is 15.0 Å². The average Bonchev–Trinajstić information content (AvgIpc) is 3.69. The Morgan fingerprint density at radius 2 is 1.08 bits per heavy atom. The minimum absolute atomic E-state index is 0.342. The SMILES string of the molecule is Cc1ccc2oc3c(-c4nc(-c5ccc(C67CC8CC(CC(C8)C6)C7)cc5)nc(-c5cccc6c5oc5ccccc56)n4)cccc3c2c1. The highest BCUT2D eigenvalue weighted by molar-refractivity contribution is 6.10. The van der Waals surface area contributed by atoms with E-state index in [1.54, 1.807) is 0 Å². The summed E-state index contributed by atoms with van der Waals surface area (Å²) < 4.78 is 13.0. The summed E-state index contributed by atoms with van der Waals surface area (Å²) >= 11 is 0. The van der Waals surface area contributed by atoms with Crippen LogP contribution in [0.3, 0.4) is 0 Å². The van der Waals surface area contributed by atoms with Crippen molar-refractivity contribution in [2.24, 2.45) is 17.8 Å². The summed E-state index contributed by atoms with van der Waals surface area (Å²) in [6.07, 6.45) is 8.39. The standard InChI is InChI=1S/C44H35N3O2/c1-25-12-17-38-36(18-25)33-8-5-10-35(40(33)49-38)43-46-41(29-13-15-30(16-14-29)44-22-26-19-27(23-44)21-28(20-26)24-44)45-42(47-43)34-9-4-7-32-31-6-2-3-11-37(31)48-39(32)34/h2-18,26-28H,19-24H2,1H3. The molecule has 0 unspecified atom stereocenters. The summed E-state index contributed by atoms with van der Waals surface area (Å²) in [5.74, 6) is 4.54. The van der Waals surface area contributed by atoms with Gasteiger partial charge < -0.3 is 8.83 Å². The molecule has 0 aliphatic heterocycles. The second-order valence-electron chi connectivity index (χ2n) is 15.1. The van der Waals surface area contributed by atoms with Gasteiger partial charge in [-0.05, 0) is 105 Å². The lowest BCUT2D eigenvalue weighted by molar-refractivity contribution is -0.00518. The van der Waals surface area contributed by atoms with Crippen molar-refractivity contribution in [2.45, 2.75) is 50.9 Å². The summed E-state index contributed by atoms with van der Waals surface area (Å²) in [6.45, 7) is 2.11. The van der Waals surface area contributed by atoms with Crippen LogP contribution in [0.25, 0.3) is 78.0 Å². The summed E-state index contributed by atoms with van der Waals surface area (Å²) in [7, 11) is 0. The maximum absolute atomic E-state index is 6.51. The Balaban J connectivity index is 1.10. The highest BCUT2D eigenvalue weighted by atomic mass is 16.3. The molecule has 5 heteroatoms. The van der Waals surface area contributed by atoms with Crippen molar-refractivity contribution in [2.75, 3.05) is 0 Å². The van der Waals surface area contributed by atoms with E-state index in [-0.39, 0.29) is 0 Å². The molecule has 0 amide bonds. The highest BCUT2D eigenvalue weighted by Gasteiger charge is 2.51. The first-order valence-electron chi connectivity index (χ1n) is 17.8. The zero-order valence-electron chi connectivity index (χ0n) is 27.4. The van der Waals surface area contributed by atoms with Crippen molar-refractivity contribution in [1.82, 2.24) is 15.0 Å². The molecule has 4 aliphatic carbocycles. The van der Waals surface area contributed by atoms with E-state index in [2.05, 4.69) is 79.7 Å². The van der Waals surface area contributed by atoms with Gasteiger partial charge in [-0.3, -0.25) is 0 Å². The lowest BCUT2D eigenvalue weighted by Crippen LogP contribution is -2.48. The molecule has 4 fully saturated rings. The smallest absolute Gasteiger partial charge is 0.167 e. The fourth-order valence-electron chi connectivity index (χ4n) is 10.2. The zero-order chi connectivity index (χ0) is 32.3. The third kappa shape index (κ3) is 4.21. The number of hydrogen-bond acceptors (Lipinski definition) is 5. The largest absolute Gasteiger partial charge is 0.455 e. The molecule has 5 aromatic carbocycles. The molecular weight excluding hydrogens is 603 g/mol. The van der Waals surface area contributed by atoms with E-state index in [9.17, 15) is 0 Å². The van der Waals surface area contributed by atoms with Crippen molar-refractivity contribution in [3.63, 3.8) is 0 Å². The molecule has 8 aromatic rings. The van der Waals surface area contributed by atoms with Gasteiger partial charge in [-0.1, -0.05) is 78.4 Å². The quantitative estimate of drug-likeness (QED) is 0.192. The Morgan fingerprint density at radius 3 is 1.73 bits per heavy atom. The molecule has 0 spiro atoms. The summed E-state index contributed by atoms with van der Waals surface area (Å²) in [4.78, 5) is 15.5. The Labute approximate surface area is 284 Å². The summed E-state index contributed by atoms with van der Waals surface area (Å²) in [5, 5.41) is 4.28. The van der Waals surface area contributed by atoms with Gasteiger partial charge >= 0.3 is 0 Å². The van der Waals surface area contributed by atoms with Crippen LogP contribution in [0.2, 0.25) is 0 Å². The number of aryl methyl sites for hydroxylation is 1. The Hall–Kier alpha value is -5.29. The van der Waals surface area contributed by atoms with E-state index in [1.807, 2.05) is 30.3 Å². The molecule has 238 valence electrons. The van der Waals surface area contributed by atoms with Crippen LogP contribution in [0.4, 0.5) is 0 Å². The highest BCUT2D eigenvalue weighted by Crippen LogP contribution is 2.60. The molecule has 12 rings (SSSR count). The van der Waals surface area contributed by atoms with Gasteiger partial charge in [-0.15, -0.1) is 0 Å². The zero-order valence-corrected chi connectivity index (χ0v) is 27.4. The molecule has 4 aliphatic rings. The van der Waals surface area contributed by atoms with Crippen LogP contribution >= 0.6 is 0 Å². The van der Waals surface area contributed by atoms with Crippen molar-refractivity contribution in [3.8, 4) is 34.2 Å². The first-order valence-corrected chi connectivity index (χ1v) is 17.8. The number of benzene rings is 5. The van der Waals surface area contributed by atoms with Gasteiger partial charge in [0.05, 0.1) is 11.1 Å². The minimum Gasteiger partial charge on any atom is -0.455 e. The van der Waals surface area contributed by atoms with Gasteiger partial charge in [0.2, 0.25) is 0 Å². The van der Waals surface area contributed by atoms with Crippen LogP contribution in [0.1, 0.15) is 49.7 Å². The van der Waals surface area contributed by atoms with Crippen LogP contribution < -0.4 is 0 Å². The van der Waals surface area contributed by atoms with E-state index in [4.69, 9.17) is 23.8 Å². The summed E-state index contributed by atoms with van der Waals surface area (Å²) in [6, 6.07) is 36.2. The first-order chi connectivity index (χ1) is 24.1. The van der Waals surface area contributed by atoms with Gasteiger partial charge in [-0.25, -0.2) is 15.0 Å². The second kappa shape index (κ2) is 10.1. The fraction of sp³-hybridized carbons (Fsp3) is 0.250. The van der Waals surface area contributed by atoms with Crippen LogP contribution in [0, 0.1) is 24.7 Å². The molecule has 3 aromatic heterocycles. The predicted molar refractivity (Wildman–Crippen MR) is 195 cm³/mol. The monoisotopic (exact) mass is 637 g/mol. The summed E-state index contributed by atoms with van der Waals surface area (Å²) in [5.41, 5.74) is 8.98. The third-order valence-corrected chi connectivity index (χ3v) is 12.0.